The van der Waals surface area contributed by atoms with Crippen molar-refractivity contribution in [2.24, 2.45) is 0 Å². The van der Waals surface area contributed by atoms with Crippen molar-refractivity contribution in [1.82, 2.24) is 4.90 Å². The summed E-state index contributed by atoms with van der Waals surface area (Å²) in [6.07, 6.45) is 0.400. The molecule has 1 fully saturated rings. The number of morpholine rings is 1. The van der Waals surface area contributed by atoms with E-state index in [1.807, 2.05) is 0 Å². The highest BCUT2D eigenvalue weighted by Gasteiger charge is 2.22. The average molecular weight is 277 g/mol. The quantitative estimate of drug-likeness (QED) is 0.836. The lowest BCUT2D eigenvalue weighted by Gasteiger charge is -2.35. The summed E-state index contributed by atoms with van der Waals surface area (Å²) in [4.78, 5) is 2.29. The van der Waals surface area contributed by atoms with Crippen LogP contribution in [0.4, 0.5) is 4.39 Å². The molecular formula is C16H20FNO2. The molecule has 20 heavy (non-hydrogen) atoms. The standard InChI is InChI=1S/C16H20FNO2/c1-12-9-18(10-13(2)20-12)11-15-5-6-16(17)8-14(15)4-3-7-19/h5-6,8,12-13,19H,7,9-11H2,1-2H3/t12-,13+. The van der Waals surface area contributed by atoms with E-state index in [4.69, 9.17) is 9.84 Å². The van der Waals surface area contributed by atoms with Gasteiger partial charge in [0.1, 0.15) is 12.4 Å². The van der Waals surface area contributed by atoms with Crippen LogP contribution in [0.15, 0.2) is 18.2 Å². The van der Waals surface area contributed by atoms with Gasteiger partial charge in [-0.05, 0) is 31.5 Å². The minimum Gasteiger partial charge on any atom is -0.384 e. The van der Waals surface area contributed by atoms with E-state index in [9.17, 15) is 4.39 Å². The van der Waals surface area contributed by atoms with Crippen molar-refractivity contribution in [3.8, 4) is 11.8 Å². The van der Waals surface area contributed by atoms with Crippen LogP contribution in [0.2, 0.25) is 0 Å². The Hall–Kier alpha value is -1.41. The van der Waals surface area contributed by atoms with Crippen LogP contribution in [0.5, 0.6) is 0 Å². The van der Waals surface area contributed by atoms with Gasteiger partial charge in [-0.1, -0.05) is 17.9 Å². The Morgan fingerprint density at radius 2 is 2.05 bits per heavy atom. The predicted molar refractivity (Wildman–Crippen MR) is 75.6 cm³/mol. The number of ether oxygens (including phenoxy) is 1. The van der Waals surface area contributed by atoms with E-state index in [0.29, 0.717) is 12.1 Å². The molecule has 1 aromatic carbocycles. The minimum absolute atomic E-state index is 0.200. The summed E-state index contributed by atoms with van der Waals surface area (Å²) in [7, 11) is 0. The van der Waals surface area contributed by atoms with Gasteiger partial charge >= 0.3 is 0 Å². The lowest BCUT2D eigenvalue weighted by molar-refractivity contribution is -0.0705. The van der Waals surface area contributed by atoms with Gasteiger partial charge in [0.25, 0.3) is 0 Å². The molecule has 0 unspecified atom stereocenters. The molecule has 1 N–H and O–H groups in total. The maximum Gasteiger partial charge on any atom is 0.124 e. The molecule has 108 valence electrons. The number of nitrogens with zero attached hydrogens (tertiary/aromatic N) is 1. The van der Waals surface area contributed by atoms with Gasteiger partial charge in [0, 0.05) is 25.2 Å². The van der Waals surface area contributed by atoms with Crippen LogP contribution < -0.4 is 0 Å². The van der Waals surface area contributed by atoms with Gasteiger partial charge in [-0.15, -0.1) is 0 Å². The molecule has 0 spiro atoms. The molecular weight excluding hydrogens is 257 g/mol. The van der Waals surface area contributed by atoms with Gasteiger partial charge in [-0.25, -0.2) is 4.39 Å². The summed E-state index contributed by atoms with van der Waals surface area (Å²) < 4.78 is 19.0. The highest BCUT2D eigenvalue weighted by molar-refractivity contribution is 5.41. The molecule has 0 aliphatic carbocycles. The van der Waals surface area contributed by atoms with E-state index in [-0.39, 0.29) is 24.6 Å². The number of hydrogen-bond acceptors (Lipinski definition) is 3. The normalized spacial score (nSPS) is 23.2. The van der Waals surface area contributed by atoms with E-state index in [1.165, 1.54) is 12.1 Å². The molecule has 1 saturated heterocycles. The second-order valence-corrected chi connectivity index (χ2v) is 5.21. The van der Waals surface area contributed by atoms with Crippen molar-refractivity contribution in [2.45, 2.75) is 32.6 Å². The van der Waals surface area contributed by atoms with Crippen LogP contribution in [-0.4, -0.2) is 41.9 Å². The Morgan fingerprint density at radius 1 is 1.35 bits per heavy atom. The van der Waals surface area contributed by atoms with E-state index >= 15 is 0 Å². The van der Waals surface area contributed by atoms with Gasteiger partial charge in [0.15, 0.2) is 0 Å². The summed E-state index contributed by atoms with van der Waals surface area (Å²) in [5.74, 6) is 5.09. The highest BCUT2D eigenvalue weighted by Crippen LogP contribution is 2.17. The number of rotatable bonds is 2. The van der Waals surface area contributed by atoms with Crippen molar-refractivity contribution in [2.75, 3.05) is 19.7 Å². The zero-order valence-electron chi connectivity index (χ0n) is 11.9. The molecule has 2 rings (SSSR count). The monoisotopic (exact) mass is 277 g/mol. The number of benzene rings is 1. The zero-order chi connectivity index (χ0) is 14.5. The van der Waals surface area contributed by atoms with Crippen molar-refractivity contribution in [3.05, 3.63) is 35.1 Å². The molecule has 3 nitrogen and oxygen atoms in total. The second kappa shape index (κ2) is 6.85. The molecule has 0 aromatic heterocycles. The van der Waals surface area contributed by atoms with E-state index in [1.54, 1.807) is 6.07 Å². The predicted octanol–water partition coefficient (Wildman–Crippen LogP) is 1.78. The first-order valence-electron chi connectivity index (χ1n) is 6.84. The summed E-state index contributed by atoms with van der Waals surface area (Å²) in [5, 5.41) is 8.78. The van der Waals surface area contributed by atoms with Crippen LogP contribution >= 0.6 is 0 Å². The number of hydrogen-bond donors (Lipinski definition) is 1. The molecule has 1 aliphatic heterocycles. The first-order valence-corrected chi connectivity index (χ1v) is 6.84. The molecule has 0 amide bonds. The molecule has 1 heterocycles. The Bertz CT molecular complexity index is 511. The van der Waals surface area contributed by atoms with Gasteiger partial charge in [0.05, 0.1) is 12.2 Å². The summed E-state index contributed by atoms with van der Waals surface area (Å²) in [5.41, 5.74) is 1.62. The third-order valence-corrected chi connectivity index (χ3v) is 3.26. The maximum absolute atomic E-state index is 13.3. The lowest BCUT2D eigenvalue weighted by Crippen LogP contribution is -2.44. The number of halogens is 1. The lowest BCUT2D eigenvalue weighted by atomic mass is 10.1. The van der Waals surface area contributed by atoms with E-state index in [0.717, 1.165) is 18.7 Å². The first kappa shape index (κ1) is 15.0. The van der Waals surface area contributed by atoms with Crippen molar-refractivity contribution >= 4 is 0 Å². The Labute approximate surface area is 119 Å². The highest BCUT2D eigenvalue weighted by atomic mass is 19.1. The fourth-order valence-electron chi connectivity index (χ4n) is 2.59. The Morgan fingerprint density at radius 3 is 2.70 bits per heavy atom. The summed E-state index contributed by atoms with van der Waals surface area (Å²) >= 11 is 0. The SMILES string of the molecule is C[C@@H]1CN(Cc2ccc(F)cc2C#CCO)C[C@H](C)O1. The second-order valence-electron chi connectivity index (χ2n) is 5.21. The minimum atomic E-state index is -0.306. The zero-order valence-corrected chi connectivity index (χ0v) is 11.9. The molecule has 0 bridgehead atoms. The van der Waals surface area contributed by atoms with E-state index < -0.39 is 0 Å². The third-order valence-electron chi connectivity index (χ3n) is 3.26. The van der Waals surface area contributed by atoms with Crippen LogP contribution in [0.1, 0.15) is 25.0 Å². The van der Waals surface area contributed by atoms with Crippen LogP contribution in [0.25, 0.3) is 0 Å². The number of aliphatic hydroxyl groups excluding tert-OH is 1. The van der Waals surface area contributed by atoms with Crippen LogP contribution in [0.3, 0.4) is 0 Å². The molecule has 1 aromatic rings. The summed E-state index contributed by atoms with van der Waals surface area (Å²) in [6, 6.07) is 4.64. The van der Waals surface area contributed by atoms with Crippen molar-refractivity contribution in [3.63, 3.8) is 0 Å². The fourth-order valence-corrected chi connectivity index (χ4v) is 2.59. The van der Waals surface area contributed by atoms with Gasteiger partial charge in [-0.2, -0.15) is 0 Å². The third kappa shape index (κ3) is 4.04. The van der Waals surface area contributed by atoms with Crippen LogP contribution in [0, 0.1) is 17.7 Å². The van der Waals surface area contributed by atoms with Gasteiger partial charge in [0.2, 0.25) is 0 Å². The molecule has 1 aliphatic rings. The van der Waals surface area contributed by atoms with Crippen molar-refractivity contribution in [1.29, 1.82) is 0 Å². The molecule has 2 atom stereocenters. The Balaban J connectivity index is 2.16. The molecule has 0 radical (unpaired) electrons. The topological polar surface area (TPSA) is 32.7 Å². The molecule has 0 saturated carbocycles. The van der Waals surface area contributed by atoms with Gasteiger partial charge in [-0.3, -0.25) is 4.90 Å². The first-order chi connectivity index (χ1) is 9.58. The fraction of sp³-hybridized carbons (Fsp3) is 0.500. The molecule has 4 heteroatoms. The maximum atomic E-state index is 13.3. The number of aliphatic hydroxyl groups is 1. The summed E-state index contributed by atoms with van der Waals surface area (Å²) in [6.45, 7) is 6.32. The largest absolute Gasteiger partial charge is 0.384 e. The smallest absolute Gasteiger partial charge is 0.124 e. The van der Waals surface area contributed by atoms with Crippen LogP contribution in [-0.2, 0) is 11.3 Å². The van der Waals surface area contributed by atoms with Gasteiger partial charge < -0.3 is 9.84 Å². The Kier molecular flexibility index (Phi) is 5.13. The average Bonchev–Trinajstić information content (AvgIpc) is 2.38. The van der Waals surface area contributed by atoms with Crippen molar-refractivity contribution < 1.29 is 14.2 Å². The van der Waals surface area contributed by atoms with E-state index in [2.05, 4.69) is 30.6 Å².